The Morgan fingerprint density at radius 1 is 1.78 bits per heavy atom. The maximum Gasteiger partial charge on any atom is 0.0655 e. The van der Waals surface area contributed by atoms with Gasteiger partial charge in [-0.2, -0.15) is 0 Å². The first kappa shape index (κ1) is 6.68. The quantitative estimate of drug-likeness (QED) is 0.631. The number of nitrogens with zero attached hydrogens (tertiary/aromatic N) is 2. The maximum atomic E-state index is 3.78. The Hall–Kier alpha value is -0.440. The molecule has 1 aromatic rings. The third-order valence-corrected chi connectivity index (χ3v) is 2.37. The van der Waals surface area contributed by atoms with Crippen LogP contribution in [0.15, 0.2) is 6.20 Å². The molecule has 0 radical (unpaired) electrons. The second-order valence-corrected chi connectivity index (χ2v) is 2.95. The number of hydrogen-bond acceptors (Lipinski definition) is 3. The van der Waals surface area contributed by atoms with Gasteiger partial charge in [-0.15, -0.1) is 5.10 Å². The van der Waals surface area contributed by atoms with Gasteiger partial charge >= 0.3 is 0 Å². The van der Waals surface area contributed by atoms with Gasteiger partial charge in [-0.1, -0.05) is 18.3 Å². The Morgan fingerprint density at radius 2 is 2.56 bits per heavy atom. The van der Waals surface area contributed by atoms with Crippen molar-refractivity contribution in [2.24, 2.45) is 0 Å². The Bertz CT molecular complexity index is 160. The summed E-state index contributed by atoms with van der Waals surface area (Å²) in [6.07, 6.45) is 3.02. The van der Waals surface area contributed by atoms with Gasteiger partial charge in [0.1, 0.15) is 0 Å². The molecule has 9 heavy (non-hydrogen) atoms. The summed E-state index contributed by atoms with van der Waals surface area (Å²) in [7, 11) is 0. The largest absolute Gasteiger partial charge is 0.146 e. The molecular formula is C6H10N2S. The molecule has 1 unspecified atom stereocenters. The summed E-state index contributed by atoms with van der Waals surface area (Å²) >= 11 is 1.49. The van der Waals surface area contributed by atoms with Crippen molar-refractivity contribution in [3.05, 3.63) is 11.1 Å². The van der Waals surface area contributed by atoms with E-state index in [4.69, 9.17) is 0 Å². The second-order valence-electron chi connectivity index (χ2n) is 2.13. The monoisotopic (exact) mass is 142 g/mol. The zero-order valence-electron chi connectivity index (χ0n) is 5.66. The van der Waals surface area contributed by atoms with Crippen LogP contribution in [0.2, 0.25) is 0 Å². The standard InChI is InChI=1S/C6H10N2S/c1-3-5(2)6-4-7-8-9-6/h4-5H,3H2,1-2H3. The van der Waals surface area contributed by atoms with E-state index in [0.29, 0.717) is 5.92 Å². The molecule has 0 aliphatic rings. The molecule has 0 aromatic carbocycles. The molecule has 3 heteroatoms. The van der Waals surface area contributed by atoms with Gasteiger partial charge in [0.25, 0.3) is 0 Å². The van der Waals surface area contributed by atoms with Crippen LogP contribution in [0.3, 0.4) is 0 Å². The molecule has 0 spiro atoms. The fourth-order valence-corrected chi connectivity index (χ4v) is 1.22. The van der Waals surface area contributed by atoms with E-state index in [2.05, 4.69) is 23.4 Å². The van der Waals surface area contributed by atoms with Crippen molar-refractivity contribution in [3.63, 3.8) is 0 Å². The lowest BCUT2D eigenvalue weighted by atomic mass is 10.1. The SMILES string of the molecule is CCC(C)c1cnns1. The van der Waals surface area contributed by atoms with E-state index in [0.717, 1.165) is 0 Å². The van der Waals surface area contributed by atoms with Crippen molar-refractivity contribution in [2.45, 2.75) is 26.2 Å². The Balaban J connectivity index is 2.65. The van der Waals surface area contributed by atoms with Crippen molar-refractivity contribution in [2.75, 3.05) is 0 Å². The summed E-state index contributed by atoms with van der Waals surface area (Å²) in [6, 6.07) is 0. The van der Waals surface area contributed by atoms with Gasteiger partial charge in [0.15, 0.2) is 0 Å². The molecule has 0 N–H and O–H groups in total. The van der Waals surface area contributed by atoms with Crippen molar-refractivity contribution in [1.29, 1.82) is 0 Å². The first-order chi connectivity index (χ1) is 4.34. The highest BCUT2D eigenvalue weighted by Crippen LogP contribution is 2.19. The number of aromatic nitrogens is 2. The van der Waals surface area contributed by atoms with E-state index in [-0.39, 0.29) is 0 Å². The molecule has 1 heterocycles. The van der Waals surface area contributed by atoms with E-state index in [9.17, 15) is 0 Å². The smallest absolute Gasteiger partial charge is 0.0655 e. The van der Waals surface area contributed by atoms with E-state index in [1.165, 1.54) is 22.8 Å². The molecular weight excluding hydrogens is 132 g/mol. The predicted molar refractivity (Wildman–Crippen MR) is 38.6 cm³/mol. The molecule has 1 aromatic heterocycles. The van der Waals surface area contributed by atoms with Crippen LogP contribution in [0.1, 0.15) is 31.1 Å². The van der Waals surface area contributed by atoms with Crippen LogP contribution >= 0.6 is 11.5 Å². The molecule has 0 fully saturated rings. The predicted octanol–water partition coefficient (Wildman–Crippen LogP) is 2.05. The average molecular weight is 142 g/mol. The highest BCUT2D eigenvalue weighted by Gasteiger charge is 2.03. The van der Waals surface area contributed by atoms with Crippen molar-refractivity contribution >= 4 is 11.5 Å². The summed E-state index contributed by atoms with van der Waals surface area (Å²) in [6.45, 7) is 4.36. The molecule has 1 atom stereocenters. The third kappa shape index (κ3) is 1.48. The molecule has 0 saturated heterocycles. The molecule has 0 amide bonds. The molecule has 0 saturated carbocycles. The summed E-state index contributed by atoms with van der Waals surface area (Å²) in [5.74, 6) is 0.630. The average Bonchev–Trinajstić information content (AvgIpc) is 2.37. The second kappa shape index (κ2) is 2.92. The minimum absolute atomic E-state index is 0.630. The fourth-order valence-electron chi connectivity index (χ4n) is 0.593. The Morgan fingerprint density at radius 3 is 3.00 bits per heavy atom. The number of rotatable bonds is 2. The van der Waals surface area contributed by atoms with Crippen LogP contribution in [0.4, 0.5) is 0 Å². The normalized spacial score (nSPS) is 13.6. The fraction of sp³-hybridized carbons (Fsp3) is 0.667. The van der Waals surface area contributed by atoms with Crippen LogP contribution in [0.25, 0.3) is 0 Å². The van der Waals surface area contributed by atoms with E-state index >= 15 is 0 Å². The van der Waals surface area contributed by atoms with Crippen LogP contribution in [0.5, 0.6) is 0 Å². The molecule has 0 aliphatic carbocycles. The first-order valence-corrected chi connectivity index (χ1v) is 3.89. The van der Waals surface area contributed by atoms with Gasteiger partial charge in [0.2, 0.25) is 0 Å². The lowest BCUT2D eigenvalue weighted by molar-refractivity contribution is 0.746. The minimum atomic E-state index is 0.630. The third-order valence-electron chi connectivity index (χ3n) is 1.48. The van der Waals surface area contributed by atoms with Gasteiger partial charge < -0.3 is 0 Å². The van der Waals surface area contributed by atoms with E-state index in [1.54, 1.807) is 0 Å². The van der Waals surface area contributed by atoms with Gasteiger partial charge in [-0.3, -0.25) is 0 Å². The highest BCUT2D eigenvalue weighted by molar-refractivity contribution is 7.05. The highest BCUT2D eigenvalue weighted by atomic mass is 32.1. The van der Waals surface area contributed by atoms with E-state index < -0.39 is 0 Å². The lowest BCUT2D eigenvalue weighted by Gasteiger charge is -1.99. The zero-order valence-corrected chi connectivity index (χ0v) is 6.48. The Kier molecular flexibility index (Phi) is 2.16. The van der Waals surface area contributed by atoms with Crippen molar-refractivity contribution < 1.29 is 0 Å². The van der Waals surface area contributed by atoms with Crippen LogP contribution in [-0.2, 0) is 0 Å². The molecule has 50 valence electrons. The molecule has 2 nitrogen and oxygen atoms in total. The van der Waals surface area contributed by atoms with Crippen LogP contribution in [-0.4, -0.2) is 9.59 Å². The molecule has 0 aliphatic heterocycles. The van der Waals surface area contributed by atoms with Crippen LogP contribution in [0, 0.1) is 0 Å². The molecule has 1 rings (SSSR count). The Labute approximate surface area is 59.1 Å². The van der Waals surface area contributed by atoms with Crippen molar-refractivity contribution in [3.8, 4) is 0 Å². The maximum absolute atomic E-state index is 3.78. The number of hydrogen-bond donors (Lipinski definition) is 0. The van der Waals surface area contributed by atoms with Gasteiger partial charge in [-0.25, -0.2) is 0 Å². The molecule has 0 bridgehead atoms. The van der Waals surface area contributed by atoms with Gasteiger partial charge in [-0.05, 0) is 23.9 Å². The first-order valence-electron chi connectivity index (χ1n) is 3.11. The minimum Gasteiger partial charge on any atom is -0.146 e. The van der Waals surface area contributed by atoms with Crippen LogP contribution < -0.4 is 0 Å². The summed E-state index contributed by atoms with van der Waals surface area (Å²) < 4.78 is 3.78. The van der Waals surface area contributed by atoms with Crippen molar-refractivity contribution in [1.82, 2.24) is 9.59 Å². The summed E-state index contributed by atoms with van der Waals surface area (Å²) in [5.41, 5.74) is 0. The summed E-state index contributed by atoms with van der Waals surface area (Å²) in [5, 5.41) is 3.76. The summed E-state index contributed by atoms with van der Waals surface area (Å²) in [4.78, 5) is 1.29. The van der Waals surface area contributed by atoms with E-state index in [1.807, 2.05) is 6.20 Å². The van der Waals surface area contributed by atoms with Gasteiger partial charge in [0.05, 0.1) is 6.20 Å². The zero-order chi connectivity index (χ0) is 6.69. The topological polar surface area (TPSA) is 25.8 Å². The lowest BCUT2D eigenvalue weighted by Crippen LogP contribution is -1.84. The van der Waals surface area contributed by atoms with Gasteiger partial charge in [0, 0.05) is 4.88 Å².